The number of aromatic amines is 1. The van der Waals surface area contributed by atoms with Gasteiger partial charge in [0.2, 0.25) is 5.91 Å². The van der Waals surface area contributed by atoms with Crippen LogP contribution in [0.2, 0.25) is 0 Å². The van der Waals surface area contributed by atoms with E-state index in [4.69, 9.17) is 5.26 Å². The summed E-state index contributed by atoms with van der Waals surface area (Å²) in [6.45, 7) is -2.17. The lowest BCUT2D eigenvalue weighted by Gasteiger charge is -2.12. The molecule has 11 heteroatoms. The van der Waals surface area contributed by atoms with Crippen molar-refractivity contribution in [3.05, 3.63) is 68.9 Å². The first-order chi connectivity index (χ1) is 14.2. The van der Waals surface area contributed by atoms with E-state index in [9.17, 15) is 27.6 Å². The Labute approximate surface area is 166 Å². The molecule has 0 aliphatic heterocycles. The number of para-hydroxylation sites is 1. The van der Waals surface area contributed by atoms with Crippen molar-refractivity contribution in [3.63, 3.8) is 0 Å². The first-order valence-corrected chi connectivity index (χ1v) is 8.43. The molecule has 154 valence electrons. The van der Waals surface area contributed by atoms with Crippen LogP contribution < -0.4 is 21.3 Å². The number of halogens is 3. The number of benzene rings is 2. The molecule has 8 nitrogen and oxygen atoms in total. The number of hydrogen-bond donors (Lipinski definition) is 2. The molecule has 0 bridgehead atoms. The van der Waals surface area contributed by atoms with E-state index >= 15 is 0 Å². The van der Waals surface area contributed by atoms with E-state index in [1.807, 2.05) is 0 Å². The summed E-state index contributed by atoms with van der Waals surface area (Å²) in [6, 6.07) is 11.4. The van der Waals surface area contributed by atoms with Gasteiger partial charge in [0, 0.05) is 5.69 Å². The van der Waals surface area contributed by atoms with Crippen molar-refractivity contribution in [2.24, 2.45) is 0 Å². The van der Waals surface area contributed by atoms with E-state index in [2.05, 4.69) is 15.0 Å². The molecule has 2 aromatic carbocycles. The second-order valence-electron chi connectivity index (χ2n) is 6.14. The van der Waals surface area contributed by atoms with Gasteiger partial charge in [-0.1, -0.05) is 12.1 Å². The van der Waals surface area contributed by atoms with Crippen molar-refractivity contribution < 1.29 is 22.7 Å². The SMILES string of the molecule is N#Cc1cc(NC(=O)Cn2c(=O)[nH]c3ccccc3c2=O)ccc1OCC(F)(F)F. The Hall–Kier alpha value is -4.07. The number of nitrogens with one attached hydrogen (secondary N) is 2. The summed E-state index contributed by atoms with van der Waals surface area (Å²) in [5, 5.41) is 11.7. The Morgan fingerprint density at radius 1 is 1.20 bits per heavy atom. The van der Waals surface area contributed by atoms with Crippen LogP contribution in [0.5, 0.6) is 5.75 Å². The van der Waals surface area contributed by atoms with Crippen LogP contribution in [0.3, 0.4) is 0 Å². The average molecular weight is 418 g/mol. The molecule has 0 atom stereocenters. The lowest BCUT2D eigenvalue weighted by atomic mass is 10.2. The van der Waals surface area contributed by atoms with Crippen LogP contribution >= 0.6 is 0 Å². The zero-order valence-corrected chi connectivity index (χ0v) is 15.1. The molecule has 1 amide bonds. The minimum absolute atomic E-state index is 0.0844. The highest BCUT2D eigenvalue weighted by atomic mass is 19.4. The Kier molecular flexibility index (Phi) is 5.59. The molecule has 0 unspecified atom stereocenters. The van der Waals surface area contributed by atoms with Crippen molar-refractivity contribution >= 4 is 22.5 Å². The van der Waals surface area contributed by atoms with E-state index in [1.165, 1.54) is 12.1 Å². The third-order valence-corrected chi connectivity index (χ3v) is 3.97. The fourth-order valence-corrected chi connectivity index (χ4v) is 2.67. The molecule has 0 fully saturated rings. The van der Waals surface area contributed by atoms with Gasteiger partial charge in [-0.3, -0.25) is 14.2 Å². The zero-order valence-electron chi connectivity index (χ0n) is 15.1. The van der Waals surface area contributed by atoms with Crippen molar-refractivity contribution in [2.75, 3.05) is 11.9 Å². The molecule has 3 rings (SSSR count). The quantitative estimate of drug-likeness (QED) is 0.659. The van der Waals surface area contributed by atoms with E-state index < -0.39 is 36.5 Å². The summed E-state index contributed by atoms with van der Waals surface area (Å²) in [6.07, 6.45) is -4.57. The van der Waals surface area contributed by atoms with Gasteiger partial charge in [-0.2, -0.15) is 18.4 Å². The number of nitrogens with zero attached hydrogens (tertiary/aromatic N) is 2. The number of carbonyl (C=O) groups is 1. The highest BCUT2D eigenvalue weighted by Crippen LogP contribution is 2.24. The molecule has 2 N–H and O–H groups in total. The minimum Gasteiger partial charge on any atom is -0.483 e. The van der Waals surface area contributed by atoms with Crippen LogP contribution in [0.4, 0.5) is 18.9 Å². The van der Waals surface area contributed by atoms with Gasteiger partial charge < -0.3 is 15.0 Å². The monoisotopic (exact) mass is 418 g/mol. The van der Waals surface area contributed by atoms with E-state index in [0.29, 0.717) is 10.1 Å². The summed E-state index contributed by atoms with van der Waals surface area (Å²) in [5.41, 5.74) is -1.24. The topological polar surface area (TPSA) is 117 Å². The summed E-state index contributed by atoms with van der Waals surface area (Å²) < 4.78 is 42.1. The van der Waals surface area contributed by atoms with E-state index in [-0.39, 0.29) is 22.4 Å². The average Bonchev–Trinajstić information content (AvgIpc) is 2.69. The number of carbonyl (C=O) groups excluding carboxylic acids is 1. The number of H-pyrrole nitrogens is 1. The second kappa shape index (κ2) is 8.12. The largest absolute Gasteiger partial charge is 0.483 e. The zero-order chi connectivity index (χ0) is 21.9. The number of nitriles is 1. The van der Waals surface area contributed by atoms with Gasteiger partial charge in [0.1, 0.15) is 18.4 Å². The normalized spacial score (nSPS) is 11.1. The van der Waals surface area contributed by atoms with Crippen LogP contribution in [-0.2, 0) is 11.3 Å². The van der Waals surface area contributed by atoms with Gasteiger partial charge >= 0.3 is 11.9 Å². The number of amides is 1. The predicted molar refractivity (Wildman–Crippen MR) is 100 cm³/mol. The van der Waals surface area contributed by atoms with Gasteiger partial charge in [0.25, 0.3) is 5.56 Å². The molecule has 0 aliphatic carbocycles. The predicted octanol–water partition coefficient (Wildman–Crippen LogP) is 2.14. The number of anilines is 1. The molecule has 3 aromatic rings. The van der Waals surface area contributed by atoms with Crippen LogP contribution in [-0.4, -0.2) is 28.2 Å². The maximum Gasteiger partial charge on any atom is 0.422 e. The number of aromatic nitrogens is 2. The lowest BCUT2D eigenvalue weighted by molar-refractivity contribution is -0.153. The van der Waals surface area contributed by atoms with Crippen LogP contribution in [0.15, 0.2) is 52.1 Å². The maximum absolute atomic E-state index is 12.4. The van der Waals surface area contributed by atoms with Gasteiger partial charge in [-0.15, -0.1) is 0 Å². The Morgan fingerprint density at radius 2 is 1.93 bits per heavy atom. The fraction of sp³-hybridized carbons (Fsp3) is 0.158. The van der Waals surface area contributed by atoms with Crippen molar-refractivity contribution in [1.82, 2.24) is 9.55 Å². The molecule has 0 radical (unpaired) electrons. The summed E-state index contributed by atoms with van der Waals surface area (Å²) >= 11 is 0. The molecule has 0 saturated heterocycles. The summed E-state index contributed by atoms with van der Waals surface area (Å²) in [7, 11) is 0. The van der Waals surface area contributed by atoms with E-state index in [1.54, 1.807) is 24.3 Å². The molecule has 1 heterocycles. The standard InChI is InChI=1S/C19H13F3N4O4/c20-19(21,22)10-30-15-6-5-12(7-11(15)8-23)24-16(27)9-26-17(28)13-3-1-2-4-14(13)25-18(26)29/h1-7H,9-10H2,(H,24,27)(H,25,29). The molecular weight excluding hydrogens is 405 g/mol. The first-order valence-electron chi connectivity index (χ1n) is 8.43. The summed E-state index contributed by atoms with van der Waals surface area (Å²) in [4.78, 5) is 39.3. The molecule has 0 aliphatic rings. The van der Waals surface area contributed by atoms with Crippen LogP contribution in [0.25, 0.3) is 10.9 Å². The van der Waals surface area contributed by atoms with E-state index in [0.717, 1.165) is 12.1 Å². The molecule has 0 saturated carbocycles. The Bertz CT molecular complexity index is 1270. The number of hydrogen-bond acceptors (Lipinski definition) is 5. The Morgan fingerprint density at radius 3 is 2.63 bits per heavy atom. The van der Waals surface area contributed by atoms with Gasteiger partial charge in [0.15, 0.2) is 6.61 Å². The van der Waals surface area contributed by atoms with Crippen molar-refractivity contribution in [3.8, 4) is 11.8 Å². The summed E-state index contributed by atoms with van der Waals surface area (Å²) in [5.74, 6) is -1.04. The number of ether oxygens (including phenoxy) is 1. The van der Waals surface area contributed by atoms with Crippen LogP contribution in [0.1, 0.15) is 5.56 Å². The molecule has 1 aromatic heterocycles. The highest BCUT2D eigenvalue weighted by Gasteiger charge is 2.29. The minimum atomic E-state index is -4.57. The smallest absolute Gasteiger partial charge is 0.422 e. The lowest BCUT2D eigenvalue weighted by Crippen LogP contribution is -2.38. The molecule has 0 spiro atoms. The number of fused-ring (bicyclic) bond motifs is 1. The third-order valence-electron chi connectivity index (χ3n) is 3.97. The molecule has 30 heavy (non-hydrogen) atoms. The molecular formula is C19H13F3N4O4. The Balaban J connectivity index is 1.79. The van der Waals surface area contributed by atoms with Gasteiger partial charge in [-0.25, -0.2) is 4.79 Å². The van der Waals surface area contributed by atoms with Crippen molar-refractivity contribution in [1.29, 1.82) is 5.26 Å². The second-order valence-corrected chi connectivity index (χ2v) is 6.14. The van der Waals surface area contributed by atoms with Crippen molar-refractivity contribution in [2.45, 2.75) is 12.7 Å². The maximum atomic E-state index is 12.4. The fourth-order valence-electron chi connectivity index (χ4n) is 2.67. The van der Waals surface area contributed by atoms with Gasteiger partial charge in [-0.05, 0) is 30.3 Å². The number of alkyl halides is 3. The first kappa shape index (κ1) is 20.7. The number of rotatable bonds is 5. The highest BCUT2D eigenvalue weighted by molar-refractivity contribution is 5.91. The third kappa shape index (κ3) is 4.67. The van der Waals surface area contributed by atoms with Gasteiger partial charge in [0.05, 0.1) is 16.5 Å². The van der Waals surface area contributed by atoms with Crippen LogP contribution in [0, 0.1) is 11.3 Å².